The Morgan fingerprint density at radius 3 is 1.68 bits per heavy atom. The van der Waals surface area contributed by atoms with E-state index in [1.807, 2.05) is 0 Å². The molecule has 0 saturated heterocycles. The fourth-order valence-electron chi connectivity index (χ4n) is 3.08. The Balaban J connectivity index is 1.92. The van der Waals surface area contributed by atoms with Crippen molar-refractivity contribution in [2.75, 3.05) is 0 Å². The molecule has 0 fully saturated rings. The summed E-state index contributed by atoms with van der Waals surface area (Å²) in [6, 6.07) is 8.67. The van der Waals surface area contributed by atoms with Crippen LogP contribution in [0.3, 0.4) is 0 Å². The Hall–Kier alpha value is -0.430. The Bertz CT molecular complexity index is 355. The van der Waals surface area contributed by atoms with Gasteiger partial charge in [0.2, 0.25) is 0 Å². The molecule has 22 heavy (non-hydrogen) atoms. The maximum atomic E-state index is 4.35. The number of thiol groups is 1. The molecular formula is C21H36S. The van der Waals surface area contributed by atoms with E-state index in [-0.39, 0.29) is 0 Å². The van der Waals surface area contributed by atoms with Crippen molar-refractivity contribution >= 4 is 12.6 Å². The molecule has 1 aromatic rings. The minimum Gasteiger partial charge on any atom is -0.143 e. The summed E-state index contributed by atoms with van der Waals surface area (Å²) in [5.74, 6) is 0.687. The lowest BCUT2D eigenvalue weighted by Gasteiger charge is -2.11. The molecule has 0 bridgehead atoms. The van der Waals surface area contributed by atoms with Gasteiger partial charge >= 0.3 is 0 Å². The lowest BCUT2D eigenvalue weighted by Crippen LogP contribution is -1.93. The molecule has 0 nitrogen and oxygen atoms in total. The number of unbranched alkanes of at least 4 members (excludes halogenated alkanes) is 10. The summed E-state index contributed by atoms with van der Waals surface area (Å²) in [7, 11) is 0. The van der Waals surface area contributed by atoms with Gasteiger partial charge < -0.3 is 0 Å². The molecule has 1 rings (SSSR count). The van der Waals surface area contributed by atoms with Gasteiger partial charge in [0.15, 0.2) is 0 Å². The second-order valence-corrected chi connectivity index (χ2v) is 7.33. The standard InChI is InChI=1S/C21H36S/c1-3-4-5-6-7-8-9-10-11-12-13-14-19(2)20-15-17-21(22)18-16-20/h15-19,22H,3-14H2,1-2H3. The smallest absolute Gasteiger partial charge is 0.00401 e. The molecule has 1 atom stereocenters. The van der Waals surface area contributed by atoms with Crippen LogP contribution in [0.1, 0.15) is 102 Å². The number of hydrogen-bond acceptors (Lipinski definition) is 1. The van der Waals surface area contributed by atoms with Crippen LogP contribution in [0.2, 0.25) is 0 Å². The second-order valence-electron chi connectivity index (χ2n) is 6.82. The fourth-order valence-corrected chi connectivity index (χ4v) is 3.23. The fraction of sp³-hybridized carbons (Fsp3) is 0.714. The van der Waals surface area contributed by atoms with Gasteiger partial charge in [-0.15, -0.1) is 12.6 Å². The van der Waals surface area contributed by atoms with Crippen molar-refractivity contribution in [1.82, 2.24) is 0 Å². The van der Waals surface area contributed by atoms with E-state index in [1.54, 1.807) is 0 Å². The quantitative estimate of drug-likeness (QED) is 0.278. The highest BCUT2D eigenvalue weighted by atomic mass is 32.1. The van der Waals surface area contributed by atoms with E-state index in [0.717, 1.165) is 4.90 Å². The van der Waals surface area contributed by atoms with Gasteiger partial charge in [0, 0.05) is 4.90 Å². The van der Waals surface area contributed by atoms with Crippen molar-refractivity contribution in [3.63, 3.8) is 0 Å². The van der Waals surface area contributed by atoms with Crippen LogP contribution in [0.15, 0.2) is 29.2 Å². The van der Waals surface area contributed by atoms with E-state index >= 15 is 0 Å². The Morgan fingerprint density at radius 1 is 0.727 bits per heavy atom. The first-order valence-corrected chi connectivity index (χ1v) is 9.97. The Kier molecular flexibility index (Phi) is 11.6. The van der Waals surface area contributed by atoms with Crippen molar-refractivity contribution in [2.24, 2.45) is 0 Å². The average molecular weight is 321 g/mol. The lowest BCUT2D eigenvalue weighted by molar-refractivity contribution is 0.531. The van der Waals surface area contributed by atoms with Crippen molar-refractivity contribution in [3.8, 4) is 0 Å². The van der Waals surface area contributed by atoms with Gasteiger partial charge in [-0.3, -0.25) is 0 Å². The first kappa shape index (κ1) is 19.6. The maximum absolute atomic E-state index is 4.35. The minimum absolute atomic E-state index is 0.687. The van der Waals surface area contributed by atoms with Crippen LogP contribution >= 0.6 is 12.6 Å². The molecule has 0 amide bonds. The third-order valence-corrected chi connectivity index (χ3v) is 5.00. The molecule has 1 unspecified atom stereocenters. The number of rotatable bonds is 13. The van der Waals surface area contributed by atoms with Gasteiger partial charge in [-0.2, -0.15) is 0 Å². The topological polar surface area (TPSA) is 0 Å². The normalized spacial score (nSPS) is 12.5. The zero-order valence-electron chi connectivity index (χ0n) is 14.8. The molecule has 1 heteroatoms. The summed E-state index contributed by atoms with van der Waals surface area (Å²) in [4.78, 5) is 1.06. The predicted octanol–water partition coefficient (Wildman–Crippen LogP) is 7.78. The van der Waals surface area contributed by atoms with Crippen molar-refractivity contribution < 1.29 is 0 Å². The maximum Gasteiger partial charge on any atom is 0.00401 e. The van der Waals surface area contributed by atoms with E-state index in [9.17, 15) is 0 Å². The summed E-state index contributed by atoms with van der Waals surface area (Å²) in [6.07, 6.45) is 17.0. The van der Waals surface area contributed by atoms with Crippen molar-refractivity contribution in [1.29, 1.82) is 0 Å². The van der Waals surface area contributed by atoms with Gasteiger partial charge in [-0.1, -0.05) is 96.6 Å². The highest BCUT2D eigenvalue weighted by Gasteiger charge is 2.04. The summed E-state index contributed by atoms with van der Waals surface area (Å²) < 4.78 is 0. The molecule has 0 aromatic heterocycles. The summed E-state index contributed by atoms with van der Waals surface area (Å²) >= 11 is 4.35. The Morgan fingerprint density at radius 2 is 1.18 bits per heavy atom. The molecule has 0 heterocycles. The zero-order chi connectivity index (χ0) is 16.0. The molecule has 0 spiro atoms. The monoisotopic (exact) mass is 320 g/mol. The van der Waals surface area contributed by atoms with Gasteiger partial charge in [0.1, 0.15) is 0 Å². The lowest BCUT2D eigenvalue weighted by atomic mass is 9.94. The molecule has 0 aliphatic rings. The van der Waals surface area contributed by atoms with Crippen LogP contribution in [0, 0.1) is 0 Å². The van der Waals surface area contributed by atoms with Crippen molar-refractivity contribution in [2.45, 2.75) is 102 Å². The van der Waals surface area contributed by atoms with Crippen LogP contribution in [0.25, 0.3) is 0 Å². The highest BCUT2D eigenvalue weighted by molar-refractivity contribution is 7.80. The third kappa shape index (κ3) is 9.56. The molecular weight excluding hydrogens is 284 g/mol. The van der Waals surface area contributed by atoms with Gasteiger partial charge in [-0.05, 0) is 30.0 Å². The molecule has 0 radical (unpaired) electrons. The minimum atomic E-state index is 0.687. The number of benzene rings is 1. The molecule has 0 saturated carbocycles. The molecule has 126 valence electrons. The van der Waals surface area contributed by atoms with E-state index < -0.39 is 0 Å². The van der Waals surface area contributed by atoms with E-state index in [1.165, 1.54) is 82.6 Å². The molecule has 0 aliphatic heterocycles. The zero-order valence-corrected chi connectivity index (χ0v) is 15.7. The third-order valence-electron chi connectivity index (χ3n) is 4.70. The Labute approximate surface area is 144 Å². The first-order chi connectivity index (χ1) is 10.7. The second kappa shape index (κ2) is 13.0. The summed E-state index contributed by atoms with van der Waals surface area (Å²) in [5, 5.41) is 0. The van der Waals surface area contributed by atoms with E-state index in [0.29, 0.717) is 5.92 Å². The SMILES string of the molecule is CCCCCCCCCCCCCC(C)c1ccc(S)cc1. The van der Waals surface area contributed by atoms with Gasteiger partial charge in [0.05, 0.1) is 0 Å². The average Bonchev–Trinajstić information content (AvgIpc) is 2.53. The number of hydrogen-bond donors (Lipinski definition) is 1. The predicted molar refractivity (Wildman–Crippen MR) is 103 cm³/mol. The van der Waals surface area contributed by atoms with Crippen LogP contribution in [0.5, 0.6) is 0 Å². The van der Waals surface area contributed by atoms with Crippen LogP contribution in [-0.2, 0) is 0 Å². The first-order valence-electron chi connectivity index (χ1n) is 9.53. The largest absolute Gasteiger partial charge is 0.143 e. The van der Waals surface area contributed by atoms with Gasteiger partial charge in [0.25, 0.3) is 0 Å². The van der Waals surface area contributed by atoms with Gasteiger partial charge in [-0.25, -0.2) is 0 Å². The molecule has 0 aliphatic carbocycles. The van der Waals surface area contributed by atoms with Crippen LogP contribution in [0.4, 0.5) is 0 Å². The molecule has 1 aromatic carbocycles. The van der Waals surface area contributed by atoms with E-state index in [4.69, 9.17) is 0 Å². The highest BCUT2D eigenvalue weighted by Crippen LogP contribution is 2.23. The summed E-state index contributed by atoms with van der Waals surface area (Å²) in [5.41, 5.74) is 1.46. The van der Waals surface area contributed by atoms with Crippen LogP contribution in [-0.4, -0.2) is 0 Å². The summed E-state index contributed by atoms with van der Waals surface area (Å²) in [6.45, 7) is 4.64. The van der Waals surface area contributed by atoms with E-state index in [2.05, 4.69) is 50.7 Å². The molecule has 0 N–H and O–H groups in total. The van der Waals surface area contributed by atoms with Crippen molar-refractivity contribution in [3.05, 3.63) is 29.8 Å². The van der Waals surface area contributed by atoms with Crippen LogP contribution < -0.4 is 0 Å².